The van der Waals surface area contributed by atoms with Gasteiger partial charge in [-0.05, 0) is 25.8 Å². The van der Waals surface area contributed by atoms with Gasteiger partial charge in [0.1, 0.15) is 0 Å². The van der Waals surface area contributed by atoms with Gasteiger partial charge in [0, 0.05) is 5.92 Å². The molecule has 0 aromatic carbocycles. The summed E-state index contributed by atoms with van der Waals surface area (Å²) in [5, 5.41) is 15.3. The van der Waals surface area contributed by atoms with Gasteiger partial charge in [0.15, 0.2) is 0 Å². The molecule has 0 bridgehead atoms. The van der Waals surface area contributed by atoms with Crippen molar-refractivity contribution in [3.63, 3.8) is 0 Å². The Balaban J connectivity index is 1.90. The molecule has 1 aliphatic heterocycles. The molecule has 1 heterocycles. The molecule has 2 aliphatic rings. The maximum atomic E-state index is 11.8. The summed E-state index contributed by atoms with van der Waals surface area (Å²) < 4.78 is 0. The predicted molar refractivity (Wildman–Crippen MR) is 57.3 cm³/mol. The second-order valence-corrected chi connectivity index (χ2v) is 4.50. The van der Waals surface area contributed by atoms with Gasteiger partial charge in [-0.1, -0.05) is 6.08 Å². The van der Waals surface area contributed by atoms with Crippen molar-refractivity contribution >= 4 is 5.91 Å². The molecule has 2 fully saturated rings. The van der Waals surface area contributed by atoms with E-state index in [2.05, 4.69) is 17.2 Å². The number of rotatable bonds is 4. The topological polar surface area (TPSA) is 61.4 Å². The van der Waals surface area contributed by atoms with Crippen LogP contribution < -0.4 is 10.6 Å². The van der Waals surface area contributed by atoms with Gasteiger partial charge in [-0.25, -0.2) is 0 Å². The molecule has 1 amide bonds. The quantitative estimate of drug-likeness (QED) is 0.563. The SMILES string of the molecule is C=C[C@@H]1C[C@@]1(CO)NC(=O)[C@@H]1CCCN1. The van der Waals surface area contributed by atoms with Crippen LogP contribution in [0.25, 0.3) is 0 Å². The highest BCUT2D eigenvalue weighted by molar-refractivity contribution is 5.83. The van der Waals surface area contributed by atoms with Crippen LogP contribution in [0.2, 0.25) is 0 Å². The van der Waals surface area contributed by atoms with E-state index in [4.69, 9.17) is 0 Å². The van der Waals surface area contributed by atoms with Gasteiger partial charge in [0.2, 0.25) is 5.91 Å². The predicted octanol–water partition coefficient (Wildman–Crippen LogP) is -0.208. The van der Waals surface area contributed by atoms with E-state index < -0.39 is 5.54 Å². The Morgan fingerprint density at radius 1 is 1.73 bits per heavy atom. The summed E-state index contributed by atoms with van der Waals surface area (Å²) in [6, 6.07) is -0.0699. The first-order valence-corrected chi connectivity index (χ1v) is 5.51. The number of nitrogens with one attached hydrogen (secondary N) is 2. The summed E-state index contributed by atoms with van der Waals surface area (Å²) >= 11 is 0. The van der Waals surface area contributed by atoms with E-state index in [0.717, 1.165) is 25.8 Å². The third-order valence-corrected chi connectivity index (χ3v) is 3.45. The standard InChI is InChI=1S/C11H18N2O2/c1-2-8-6-11(8,7-14)13-10(15)9-4-3-5-12-9/h2,8-9,12,14H,1,3-7H2,(H,13,15)/t8-,9+,11+/m1/s1. The first-order valence-electron chi connectivity index (χ1n) is 5.51. The number of aliphatic hydroxyl groups is 1. The van der Waals surface area contributed by atoms with Crippen LogP contribution in [0, 0.1) is 5.92 Å². The van der Waals surface area contributed by atoms with Crippen molar-refractivity contribution in [2.24, 2.45) is 5.92 Å². The van der Waals surface area contributed by atoms with Gasteiger partial charge >= 0.3 is 0 Å². The number of amides is 1. The normalized spacial score (nSPS) is 38.7. The summed E-state index contributed by atoms with van der Waals surface area (Å²) in [4.78, 5) is 11.8. The first kappa shape index (κ1) is 10.6. The van der Waals surface area contributed by atoms with E-state index in [9.17, 15) is 9.90 Å². The largest absolute Gasteiger partial charge is 0.394 e. The highest BCUT2D eigenvalue weighted by Crippen LogP contribution is 2.43. The molecular formula is C11H18N2O2. The Morgan fingerprint density at radius 3 is 3.00 bits per heavy atom. The Kier molecular flexibility index (Phi) is 2.80. The fraction of sp³-hybridized carbons (Fsp3) is 0.727. The van der Waals surface area contributed by atoms with Crippen molar-refractivity contribution in [1.29, 1.82) is 0 Å². The van der Waals surface area contributed by atoms with E-state index in [1.54, 1.807) is 6.08 Å². The Bertz CT molecular complexity index is 274. The Morgan fingerprint density at radius 2 is 2.53 bits per heavy atom. The maximum Gasteiger partial charge on any atom is 0.237 e. The molecule has 0 radical (unpaired) electrons. The summed E-state index contributed by atoms with van der Waals surface area (Å²) in [5.74, 6) is 0.249. The minimum Gasteiger partial charge on any atom is -0.394 e. The number of hydrogen-bond donors (Lipinski definition) is 3. The second-order valence-electron chi connectivity index (χ2n) is 4.50. The van der Waals surface area contributed by atoms with Crippen molar-refractivity contribution in [3.8, 4) is 0 Å². The number of hydrogen-bond acceptors (Lipinski definition) is 3. The van der Waals surface area contributed by atoms with E-state index in [1.807, 2.05) is 0 Å². The molecule has 3 N–H and O–H groups in total. The van der Waals surface area contributed by atoms with Crippen LogP contribution in [0.5, 0.6) is 0 Å². The zero-order valence-electron chi connectivity index (χ0n) is 8.83. The van der Waals surface area contributed by atoms with Crippen molar-refractivity contribution in [2.75, 3.05) is 13.2 Å². The Labute approximate surface area is 89.7 Å². The smallest absolute Gasteiger partial charge is 0.237 e. The second kappa shape index (κ2) is 3.94. The molecule has 4 nitrogen and oxygen atoms in total. The zero-order chi connectivity index (χ0) is 10.9. The van der Waals surface area contributed by atoms with Gasteiger partial charge in [-0.15, -0.1) is 6.58 Å². The average molecular weight is 210 g/mol. The third-order valence-electron chi connectivity index (χ3n) is 3.45. The molecule has 1 aliphatic carbocycles. The van der Waals surface area contributed by atoms with Crippen molar-refractivity contribution in [3.05, 3.63) is 12.7 Å². The van der Waals surface area contributed by atoms with Gasteiger partial charge in [0.05, 0.1) is 18.2 Å². The van der Waals surface area contributed by atoms with Crippen molar-refractivity contribution < 1.29 is 9.90 Å². The molecule has 0 aromatic heterocycles. The van der Waals surface area contributed by atoms with Gasteiger partial charge in [-0.2, -0.15) is 0 Å². The Hall–Kier alpha value is -0.870. The lowest BCUT2D eigenvalue weighted by molar-refractivity contribution is -0.124. The summed E-state index contributed by atoms with van der Waals surface area (Å²) in [6.07, 6.45) is 4.56. The third kappa shape index (κ3) is 1.92. The van der Waals surface area contributed by atoms with E-state index in [0.29, 0.717) is 0 Å². The molecular weight excluding hydrogens is 192 g/mol. The molecule has 15 heavy (non-hydrogen) atoms. The number of carbonyl (C=O) groups is 1. The lowest BCUT2D eigenvalue weighted by Gasteiger charge is -2.19. The molecule has 1 saturated heterocycles. The lowest BCUT2D eigenvalue weighted by Crippen LogP contribution is -2.48. The fourth-order valence-corrected chi connectivity index (χ4v) is 2.25. The van der Waals surface area contributed by atoms with E-state index in [1.165, 1.54) is 0 Å². The first-order chi connectivity index (χ1) is 7.22. The van der Waals surface area contributed by atoms with E-state index in [-0.39, 0.29) is 24.5 Å². The fourth-order valence-electron chi connectivity index (χ4n) is 2.25. The lowest BCUT2D eigenvalue weighted by atomic mass is 10.1. The van der Waals surface area contributed by atoms with Crippen LogP contribution in [0.15, 0.2) is 12.7 Å². The highest BCUT2D eigenvalue weighted by Gasteiger charge is 2.53. The monoisotopic (exact) mass is 210 g/mol. The summed E-state index contributed by atoms with van der Waals surface area (Å²) in [5.41, 5.74) is -0.414. The summed E-state index contributed by atoms with van der Waals surface area (Å²) in [7, 11) is 0. The molecule has 3 atom stereocenters. The van der Waals surface area contributed by atoms with Gasteiger partial charge in [0.25, 0.3) is 0 Å². The average Bonchev–Trinajstić information content (AvgIpc) is 2.70. The molecule has 84 valence electrons. The number of aliphatic hydroxyl groups excluding tert-OH is 1. The molecule has 0 spiro atoms. The van der Waals surface area contributed by atoms with Crippen molar-refractivity contribution in [1.82, 2.24) is 10.6 Å². The van der Waals surface area contributed by atoms with Crippen LogP contribution in [0.1, 0.15) is 19.3 Å². The van der Waals surface area contributed by atoms with Gasteiger partial charge in [-0.3, -0.25) is 4.79 Å². The highest BCUT2D eigenvalue weighted by atomic mass is 16.3. The molecule has 1 saturated carbocycles. The molecule has 2 rings (SSSR count). The van der Waals surface area contributed by atoms with Crippen LogP contribution in [0.3, 0.4) is 0 Å². The van der Waals surface area contributed by atoms with Crippen LogP contribution in [0.4, 0.5) is 0 Å². The number of carbonyl (C=O) groups excluding carboxylic acids is 1. The van der Waals surface area contributed by atoms with Crippen molar-refractivity contribution in [2.45, 2.75) is 30.8 Å². The zero-order valence-corrected chi connectivity index (χ0v) is 8.83. The summed E-state index contributed by atoms with van der Waals surface area (Å²) in [6.45, 7) is 4.61. The molecule has 0 unspecified atom stereocenters. The minimum absolute atomic E-state index is 0.00213. The molecule has 0 aromatic rings. The van der Waals surface area contributed by atoms with E-state index >= 15 is 0 Å². The maximum absolute atomic E-state index is 11.8. The molecule has 4 heteroatoms. The van der Waals surface area contributed by atoms with Gasteiger partial charge < -0.3 is 15.7 Å². The van der Waals surface area contributed by atoms with Crippen LogP contribution in [-0.4, -0.2) is 35.7 Å². The van der Waals surface area contributed by atoms with Crippen LogP contribution in [-0.2, 0) is 4.79 Å². The van der Waals surface area contributed by atoms with Crippen LogP contribution >= 0.6 is 0 Å². The minimum atomic E-state index is -0.414.